The van der Waals surface area contributed by atoms with Crippen LogP contribution in [-0.4, -0.2) is 33.9 Å². The van der Waals surface area contributed by atoms with Crippen molar-refractivity contribution in [2.75, 3.05) is 23.3 Å². The van der Waals surface area contributed by atoms with Crippen molar-refractivity contribution >= 4 is 17.5 Å². The van der Waals surface area contributed by atoms with Crippen LogP contribution in [0.25, 0.3) is 0 Å². The first-order valence-electron chi connectivity index (χ1n) is 9.29. The van der Waals surface area contributed by atoms with Crippen LogP contribution in [0.2, 0.25) is 0 Å². The van der Waals surface area contributed by atoms with Gasteiger partial charge in [-0.25, -0.2) is 9.97 Å². The van der Waals surface area contributed by atoms with Crippen LogP contribution in [0.4, 0.5) is 11.6 Å². The highest BCUT2D eigenvalue weighted by atomic mass is 16.5. The molecular weight excluding hydrogens is 354 g/mol. The number of hydrogen-bond acceptors (Lipinski definition) is 6. The number of pyridine rings is 1. The van der Waals surface area contributed by atoms with Crippen LogP contribution in [0, 0.1) is 5.92 Å². The van der Waals surface area contributed by atoms with Crippen LogP contribution in [0.15, 0.2) is 67.3 Å². The average Bonchev–Trinajstić information content (AvgIpc) is 2.76. The second-order valence-corrected chi connectivity index (χ2v) is 6.63. The van der Waals surface area contributed by atoms with Gasteiger partial charge in [0.05, 0.1) is 5.92 Å². The van der Waals surface area contributed by atoms with Crippen molar-refractivity contribution in [1.29, 1.82) is 0 Å². The van der Waals surface area contributed by atoms with Gasteiger partial charge in [0.15, 0.2) is 0 Å². The van der Waals surface area contributed by atoms with Gasteiger partial charge in [-0.1, -0.05) is 0 Å². The van der Waals surface area contributed by atoms with Gasteiger partial charge in [-0.05, 0) is 55.3 Å². The molecule has 0 saturated carbocycles. The van der Waals surface area contributed by atoms with E-state index in [1.54, 1.807) is 43.0 Å². The van der Waals surface area contributed by atoms with Crippen LogP contribution in [-0.2, 0) is 4.79 Å². The summed E-state index contributed by atoms with van der Waals surface area (Å²) < 4.78 is 5.74. The molecule has 0 bridgehead atoms. The zero-order valence-corrected chi connectivity index (χ0v) is 15.4. The number of carbonyl (C=O) groups excluding carboxylic acids is 1. The van der Waals surface area contributed by atoms with Gasteiger partial charge in [-0.2, -0.15) is 0 Å². The van der Waals surface area contributed by atoms with Gasteiger partial charge in [-0.3, -0.25) is 9.78 Å². The highest BCUT2D eigenvalue weighted by molar-refractivity contribution is 5.93. The molecule has 0 aliphatic carbocycles. The molecule has 3 heterocycles. The number of rotatable bonds is 5. The first kappa shape index (κ1) is 17.9. The smallest absolute Gasteiger partial charge is 0.229 e. The zero-order chi connectivity index (χ0) is 19.2. The molecule has 0 spiro atoms. The molecule has 1 saturated heterocycles. The molecule has 1 N–H and O–H groups in total. The minimum Gasteiger partial charge on any atom is -0.457 e. The Morgan fingerprint density at radius 3 is 2.46 bits per heavy atom. The molecule has 1 fully saturated rings. The highest BCUT2D eigenvalue weighted by Crippen LogP contribution is 2.24. The maximum absolute atomic E-state index is 12.7. The van der Waals surface area contributed by atoms with E-state index in [1.165, 1.54) is 0 Å². The molecule has 0 radical (unpaired) electrons. The van der Waals surface area contributed by atoms with Crippen LogP contribution >= 0.6 is 0 Å². The lowest BCUT2D eigenvalue weighted by Crippen LogP contribution is -2.41. The third-order valence-corrected chi connectivity index (χ3v) is 4.63. The summed E-state index contributed by atoms with van der Waals surface area (Å²) in [5, 5.41) is 3.00. The molecule has 28 heavy (non-hydrogen) atoms. The van der Waals surface area contributed by atoms with Crippen molar-refractivity contribution < 1.29 is 9.53 Å². The summed E-state index contributed by atoms with van der Waals surface area (Å²) in [5.41, 5.74) is 0.750. The summed E-state index contributed by atoms with van der Waals surface area (Å²) in [6.45, 7) is 1.49. The largest absolute Gasteiger partial charge is 0.457 e. The van der Waals surface area contributed by atoms with E-state index in [4.69, 9.17) is 4.74 Å². The van der Waals surface area contributed by atoms with Crippen molar-refractivity contribution in [1.82, 2.24) is 15.0 Å². The first-order valence-corrected chi connectivity index (χ1v) is 9.29. The second kappa shape index (κ2) is 8.47. The number of amides is 1. The van der Waals surface area contributed by atoms with Gasteiger partial charge in [-0.15, -0.1) is 0 Å². The van der Waals surface area contributed by atoms with Crippen LogP contribution in [0.1, 0.15) is 12.8 Å². The third kappa shape index (κ3) is 4.43. The van der Waals surface area contributed by atoms with Gasteiger partial charge in [0, 0.05) is 43.6 Å². The van der Waals surface area contributed by atoms with E-state index in [2.05, 4.69) is 25.2 Å². The van der Waals surface area contributed by atoms with Gasteiger partial charge in [0.1, 0.15) is 11.5 Å². The highest BCUT2D eigenvalue weighted by Gasteiger charge is 2.27. The number of piperidine rings is 1. The van der Waals surface area contributed by atoms with E-state index in [-0.39, 0.29) is 11.8 Å². The van der Waals surface area contributed by atoms with Crippen molar-refractivity contribution in [3.05, 3.63) is 67.3 Å². The summed E-state index contributed by atoms with van der Waals surface area (Å²) >= 11 is 0. The van der Waals surface area contributed by atoms with Gasteiger partial charge in [0.2, 0.25) is 11.9 Å². The topological polar surface area (TPSA) is 80.2 Å². The number of nitrogens with one attached hydrogen (secondary N) is 1. The SMILES string of the molecule is O=C(Nc1ccc(Oc2ccncc2)cc1)[C@@H]1CCCN(c2ncccn2)C1. The fourth-order valence-corrected chi connectivity index (χ4v) is 3.22. The number of anilines is 2. The fraction of sp³-hybridized carbons (Fsp3) is 0.238. The van der Waals surface area contributed by atoms with Gasteiger partial charge < -0.3 is 15.0 Å². The molecule has 4 rings (SSSR count). The fourth-order valence-electron chi connectivity index (χ4n) is 3.22. The molecule has 0 unspecified atom stereocenters. The van der Waals surface area contributed by atoms with Crippen LogP contribution in [0.5, 0.6) is 11.5 Å². The van der Waals surface area contributed by atoms with Gasteiger partial charge >= 0.3 is 0 Å². The van der Waals surface area contributed by atoms with Crippen molar-refractivity contribution in [3.63, 3.8) is 0 Å². The van der Waals surface area contributed by atoms with E-state index in [1.807, 2.05) is 24.3 Å². The molecule has 1 aliphatic rings. The van der Waals surface area contributed by atoms with Crippen molar-refractivity contribution in [3.8, 4) is 11.5 Å². The molecule has 142 valence electrons. The Balaban J connectivity index is 1.35. The van der Waals surface area contributed by atoms with Crippen LogP contribution < -0.4 is 15.0 Å². The molecule has 7 nitrogen and oxygen atoms in total. The predicted molar refractivity (Wildman–Crippen MR) is 106 cm³/mol. The Morgan fingerprint density at radius 1 is 1.00 bits per heavy atom. The van der Waals surface area contributed by atoms with E-state index < -0.39 is 0 Å². The molecule has 7 heteroatoms. The molecule has 3 aromatic rings. The quantitative estimate of drug-likeness (QED) is 0.735. The van der Waals surface area contributed by atoms with E-state index in [9.17, 15) is 4.79 Å². The molecule has 1 aromatic carbocycles. The van der Waals surface area contributed by atoms with E-state index in [0.29, 0.717) is 18.2 Å². The Hall–Kier alpha value is -3.48. The summed E-state index contributed by atoms with van der Waals surface area (Å²) in [7, 11) is 0. The Kier molecular flexibility index (Phi) is 5.42. The number of nitrogens with zero attached hydrogens (tertiary/aromatic N) is 4. The standard InChI is InChI=1S/C21H21N5O2/c27-20(16-3-1-14-26(15-16)21-23-10-2-11-24-21)25-17-4-6-18(7-5-17)28-19-8-12-22-13-9-19/h2,4-13,16H,1,3,14-15H2,(H,25,27)/t16-/m1/s1. The molecule has 1 aliphatic heterocycles. The predicted octanol–water partition coefficient (Wildman–Crippen LogP) is 3.52. The van der Waals surface area contributed by atoms with E-state index >= 15 is 0 Å². The van der Waals surface area contributed by atoms with Crippen molar-refractivity contribution in [2.24, 2.45) is 5.92 Å². The number of aromatic nitrogens is 3. The Labute approximate surface area is 163 Å². The maximum Gasteiger partial charge on any atom is 0.229 e. The summed E-state index contributed by atoms with van der Waals surface area (Å²) in [4.78, 5) is 27.3. The normalized spacial score (nSPS) is 16.4. The summed E-state index contributed by atoms with van der Waals surface area (Å²) in [6, 6.07) is 12.7. The second-order valence-electron chi connectivity index (χ2n) is 6.63. The minimum absolute atomic E-state index is 0.0171. The van der Waals surface area contributed by atoms with Crippen molar-refractivity contribution in [2.45, 2.75) is 12.8 Å². The molecule has 2 aromatic heterocycles. The third-order valence-electron chi connectivity index (χ3n) is 4.63. The molecule has 1 amide bonds. The minimum atomic E-state index is -0.0923. The number of benzene rings is 1. The van der Waals surface area contributed by atoms with E-state index in [0.717, 1.165) is 30.8 Å². The summed E-state index contributed by atoms with van der Waals surface area (Å²) in [6.07, 6.45) is 8.60. The lowest BCUT2D eigenvalue weighted by atomic mass is 9.97. The molecular formula is C21H21N5O2. The van der Waals surface area contributed by atoms with Crippen LogP contribution in [0.3, 0.4) is 0 Å². The Morgan fingerprint density at radius 2 is 1.71 bits per heavy atom. The summed E-state index contributed by atoms with van der Waals surface area (Å²) in [5.74, 6) is 2.03. The average molecular weight is 375 g/mol. The lowest BCUT2D eigenvalue weighted by Gasteiger charge is -2.31. The lowest BCUT2D eigenvalue weighted by molar-refractivity contribution is -0.120. The number of hydrogen-bond donors (Lipinski definition) is 1. The first-order chi connectivity index (χ1) is 13.8. The monoisotopic (exact) mass is 375 g/mol. The Bertz CT molecular complexity index is 903. The zero-order valence-electron chi connectivity index (χ0n) is 15.4. The number of carbonyl (C=O) groups is 1. The molecule has 1 atom stereocenters. The maximum atomic E-state index is 12.7. The van der Waals surface area contributed by atoms with Gasteiger partial charge in [0.25, 0.3) is 0 Å². The number of ether oxygens (including phenoxy) is 1.